The molecule has 0 radical (unpaired) electrons. The maximum Gasteiger partial charge on any atom is 0.230 e. The van der Waals surface area contributed by atoms with Crippen LogP contribution in [0.15, 0.2) is 42.1 Å². The van der Waals surface area contributed by atoms with Crippen LogP contribution in [0.5, 0.6) is 0 Å². The molecule has 28 heavy (non-hydrogen) atoms. The molecule has 0 saturated heterocycles. The van der Waals surface area contributed by atoms with Crippen molar-refractivity contribution in [2.45, 2.75) is 50.9 Å². The third-order valence-electron chi connectivity index (χ3n) is 5.52. The summed E-state index contributed by atoms with van der Waals surface area (Å²) >= 11 is 1.36. The van der Waals surface area contributed by atoms with Crippen molar-refractivity contribution in [3.8, 4) is 11.4 Å². The number of allylic oxidation sites excluding steroid dienone is 1. The molecule has 1 aliphatic carbocycles. The van der Waals surface area contributed by atoms with Crippen molar-refractivity contribution < 1.29 is 9.18 Å². The van der Waals surface area contributed by atoms with Gasteiger partial charge in [0, 0.05) is 18.2 Å². The second kappa shape index (κ2) is 9.37. The first-order valence-electron chi connectivity index (χ1n) is 9.71. The molecule has 1 aliphatic rings. The summed E-state index contributed by atoms with van der Waals surface area (Å²) in [6.07, 6.45) is 5.20. The molecule has 0 unspecified atom stereocenters. The summed E-state index contributed by atoms with van der Waals surface area (Å²) in [5, 5.41) is 12.3. The van der Waals surface area contributed by atoms with Gasteiger partial charge in [0.2, 0.25) is 5.91 Å². The lowest BCUT2D eigenvalue weighted by Gasteiger charge is -2.34. The number of rotatable bonds is 7. The lowest BCUT2D eigenvalue weighted by molar-refractivity contribution is -0.120. The van der Waals surface area contributed by atoms with Crippen molar-refractivity contribution in [2.75, 3.05) is 5.75 Å². The van der Waals surface area contributed by atoms with Gasteiger partial charge in [0.25, 0.3) is 0 Å². The first kappa shape index (κ1) is 20.6. The van der Waals surface area contributed by atoms with E-state index in [1.807, 2.05) is 4.57 Å². The summed E-state index contributed by atoms with van der Waals surface area (Å²) < 4.78 is 15.1. The van der Waals surface area contributed by atoms with Crippen molar-refractivity contribution in [3.05, 3.63) is 42.7 Å². The van der Waals surface area contributed by atoms with Crippen LogP contribution in [0.2, 0.25) is 0 Å². The molecular weight excluding hydrogens is 375 g/mol. The number of hydrogen-bond acceptors (Lipinski definition) is 4. The molecule has 1 amide bonds. The Labute approximate surface area is 169 Å². The summed E-state index contributed by atoms with van der Waals surface area (Å²) in [5.41, 5.74) is 0.775. The van der Waals surface area contributed by atoms with Crippen LogP contribution in [0.25, 0.3) is 11.4 Å². The predicted molar refractivity (Wildman–Crippen MR) is 110 cm³/mol. The number of carbonyl (C=O) groups excluding carboxylic acids is 1. The van der Waals surface area contributed by atoms with E-state index < -0.39 is 0 Å². The van der Waals surface area contributed by atoms with Crippen LogP contribution in [0, 0.1) is 17.7 Å². The van der Waals surface area contributed by atoms with Gasteiger partial charge in [0.1, 0.15) is 5.82 Å². The van der Waals surface area contributed by atoms with Gasteiger partial charge >= 0.3 is 0 Å². The number of aromatic nitrogens is 3. The highest BCUT2D eigenvalue weighted by molar-refractivity contribution is 7.99. The van der Waals surface area contributed by atoms with E-state index in [-0.39, 0.29) is 23.5 Å². The molecule has 1 fully saturated rings. The van der Waals surface area contributed by atoms with Crippen LogP contribution in [0.1, 0.15) is 33.1 Å². The second-order valence-electron chi connectivity index (χ2n) is 7.44. The maximum atomic E-state index is 13.2. The zero-order chi connectivity index (χ0) is 20.1. The minimum absolute atomic E-state index is 0.0208. The third kappa shape index (κ3) is 4.82. The fourth-order valence-electron chi connectivity index (χ4n) is 3.67. The fraction of sp³-hybridized carbons (Fsp3) is 0.476. The third-order valence-corrected chi connectivity index (χ3v) is 6.48. The van der Waals surface area contributed by atoms with Gasteiger partial charge in [-0.3, -0.25) is 9.36 Å². The number of nitrogens with zero attached hydrogens (tertiary/aromatic N) is 3. The number of hydrogen-bond donors (Lipinski definition) is 1. The van der Waals surface area contributed by atoms with Crippen LogP contribution < -0.4 is 5.32 Å². The lowest BCUT2D eigenvalue weighted by atomic mass is 9.78. The first-order valence-corrected chi connectivity index (χ1v) is 10.7. The molecule has 1 aromatic heterocycles. The van der Waals surface area contributed by atoms with E-state index in [9.17, 15) is 9.18 Å². The van der Waals surface area contributed by atoms with Crippen LogP contribution in [-0.4, -0.2) is 32.5 Å². The smallest absolute Gasteiger partial charge is 0.230 e. The van der Waals surface area contributed by atoms with Crippen molar-refractivity contribution in [3.63, 3.8) is 0 Å². The largest absolute Gasteiger partial charge is 0.352 e. The standard InChI is InChI=1S/C21H27FN4OS/c1-4-12-26-20(16-8-10-17(22)11-9-16)24-25-21(26)28-13-19(27)23-18-7-5-6-14(2)15(18)3/h4,8-11,14-15,18H,1,5-7,12-13H2,2-3H3,(H,23,27)/t14-,15+,18+/m0/s1. The average molecular weight is 403 g/mol. The molecule has 2 aromatic rings. The Balaban J connectivity index is 1.66. The normalized spacial score (nSPS) is 22.0. The van der Waals surface area contributed by atoms with E-state index in [2.05, 4.69) is 35.9 Å². The zero-order valence-electron chi connectivity index (χ0n) is 16.4. The van der Waals surface area contributed by atoms with Gasteiger partial charge in [-0.2, -0.15) is 0 Å². The van der Waals surface area contributed by atoms with E-state index in [4.69, 9.17) is 0 Å². The number of nitrogens with one attached hydrogen (secondary N) is 1. The van der Waals surface area contributed by atoms with Gasteiger partial charge in [-0.05, 0) is 42.5 Å². The number of carbonyl (C=O) groups is 1. The Hall–Kier alpha value is -2.15. The van der Waals surface area contributed by atoms with Crippen LogP contribution >= 0.6 is 11.8 Å². The van der Waals surface area contributed by atoms with Gasteiger partial charge in [0.15, 0.2) is 11.0 Å². The van der Waals surface area contributed by atoms with E-state index >= 15 is 0 Å². The highest BCUT2D eigenvalue weighted by Crippen LogP contribution is 2.30. The van der Waals surface area contributed by atoms with E-state index in [1.165, 1.54) is 30.3 Å². The molecule has 0 bridgehead atoms. The van der Waals surface area contributed by atoms with Gasteiger partial charge in [-0.1, -0.05) is 44.5 Å². The molecule has 3 rings (SSSR count). The fourth-order valence-corrected chi connectivity index (χ4v) is 4.42. The quantitative estimate of drug-likeness (QED) is 0.554. The molecule has 1 heterocycles. The highest BCUT2D eigenvalue weighted by Gasteiger charge is 2.28. The minimum Gasteiger partial charge on any atom is -0.352 e. The lowest BCUT2D eigenvalue weighted by Crippen LogP contribution is -2.44. The van der Waals surface area contributed by atoms with E-state index in [0.717, 1.165) is 18.4 Å². The average Bonchev–Trinajstić information content (AvgIpc) is 3.07. The minimum atomic E-state index is -0.295. The van der Waals surface area contributed by atoms with Crippen LogP contribution in [-0.2, 0) is 11.3 Å². The van der Waals surface area contributed by atoms with Crippen LogP contribution in [0.3, 0.4) is 0 Å². The molecular formula is C21H27FN4OS. The summed E-state index contributed by atoms with van der Waals surface area (Å²) in [4.78, 5) is 12.5. The molecule has 1 N–H and O–H groups in total. The highest BCUT2D eigenvalue weighted by atomic mass is 32.2. The van der Waals surface area contributed by atoms with Crippen LogP contribution in [0.4, 0.5) is 4.39 Å². The van der Waals surface area contributed by atoms with Crippen molar-refractivity contribution in [1.82, 2.24) is 20.1 Å². The molecule has 3 atom stereocenters. The van der Waals surface area contributed by atoms with Gasteiger partial charge in [0.05, 0.1) is 5.75 Å². The Morgan fingerprint density at radius 2 is 2.07 bits per heavy atom. The molecule has 0 spiro atoms. The molecule has 1 aromatic carbocycles. The zero-order valence-corrected chi connectivity index (χ0v) is 17.2. The first-order chi connectivity index (χ1) is 13.5. The summed E-state index contributed by atoms with van der Waals surface area (Å²) in [7, 11) is 0. The molecule has 5 nitrogen and oxygen atoms in total. The van der Waals surface area contributed by atoms with Crippen molar-refractivity contribution in [2.24, 2.45) is 11.8 Å². The Morgan fingerprint density at radius 3 is 2.79 bits per heavy atom. The second-order valence-corrected chi connectivity index (χ2v) is 8.38. The van der Waals surface area contributed by atoms with Crippen molar-refractivity contribution in [1.29, 1.82) is 0 Å². The molecule has 150 valence electrons. The topological polar surface area (TPSA) is 59.8 Å². The Kier molecular flexibility index (Phi) is 6.88. The monoisotopic (exact) mass is 402 g/mol. The number of amides is 1. The maximum absolute atomic E-state index is 13.2. The number of thioether (sulfide) groups is 1. The number of halogens is 1. The van der Waals surface area contributed by atoms with Gasteiger partial charge < -0.3 is 5.32 Å². The number of benzene rings is 1. The van der Waals surface area contributed by atoms with Gasteiger partial charge in [-0.25, -0.2) is 4.39 Å². The predicted octanol–water partition coefficient (Wildman–Crippen LogP) is 4.30. The van der Waals surface area contributed by atoms with Gasteiger partial charge in [-0.15, -0.1) is 16.8 Å². The molecule has 1 saturated carbocycles. The van der Waals surface area contributed by atoms with Crippen molar-refractivity contribution >= 4 is 17.7 Å². The summed E-state index contributed by atoms with van der Waals surface area (Å²) in [6, 6.07) is 6.39. The molecule has 0 aliphatic heterocycles. The SMILES string of the molecule is C=CCn1c(SCC(=O)N[C@@H]2CCC[C@H](C)[C@H]2C)nnc1-c1ccc(F)cc1. The molecule has 7 heteroatoms. The van der Waals surface area contributed by atoms with E-state index in [0.29, 0.717) is 29.4 Å². The Bertz CT molecular complexity index is 820. The Morgan fingerprint density at radius 1 is 1.32 bits per heavy atom. The summed E-state index contributed by atoms with van der Waals surface area (Å²) in [6.45, 7) is 8.78. The van der Waals surface area contributed by atoms with E-state index in [1.54, 1.807) is 18.2 Å². The summed E-state index contributed by atoms with van der Waals surface area (Å²) in [5.74, 6) is 1.79.